The Kier molecular flexibility index (Phi) is 4.36. The Morgan fingerprint density at radius 1 is 1.25 bits per heavy atom. The van der Waals surface area contributed by atoms with Gasteiger partial charge in [0.25, 0.3) is 0 Å². The first-order valence-corrected chi connectivity index (χ1v) is 5.91. The van der Waals surface area contributed by atoms with Crippen LogP contribution in [0.1, 0.15) is 45.6 Å². The Balaban J connectivity index is 2.60. The van der Waals surface area contributed by atoms with Gasteiger partial charge in [0.05, 0.1) is 6.61 Å². The minimum atomic E-state index is -0.160. The Morgan fingerprint density at radius 2 is 1.88 bits per heavy atom. The van der Waals surface area contributed by atoms with Gasteiger partial charge in [0.2, 0.25) is 0 Å². The molecule has 1 rings (SSSR count). The summed E-state index contributed by atoms with van der Waals surface area (Å²) in [7, 11) is 0. The van der Waals surface area contributed by atoms with Crippen LogP contribution in [-0.4, -0.2) is 12.1 Å². The zero-order valence-corrected chi connectivity index (χ0v) is 10.8. The summed E-state index contributed by atoms with van der Waals surface area (Å²) in [5.41, 5.74) is 7.02. The second kappa shape index (κ2) is 5.35. The Labute approximate surface area is 98.8 Å². The van der Waals surface area contributed by atoms with Gasteiger partial charge in [-0.15, -0.1) is 0 Å². The molecule has 0 aromatic heterocycles. The lowest BCUT2D eigenvalue weighted by atomic mass is 10.0. The van der Waals surface area contributed by atoms with Crippen LogP contribution in [0, 0.1) is 0 Å². The summed E-state index contributed by atoms with van der Waals surface area (Å²) in [6, 6.07) is 8.20. The van der Waals surface area contributed by atoms with Crippen molar-refractivity contribution in [2.75, 3.05) is 6.61 Å². The maximum atomic E-state index is 5.92. The fourth-order valence-electron chi connectivity index (χ4n) is 1.51. The summed E-state index contributed by atoms with van der Waals surface area (Å²) < 4.78 is 5.79. The highest BCUT2D eigenvalue weighted by molar-refractivity contribution is 5.35. The van der Waals surface area contributed by atoms with Crippen molar-refractivity contribution in [3.8, 4) is 5.75 Å². The maximum absolute atomic E-state index is 5.92. The molecule has 0 radical (unpaired) electrons. The molecule has 0 bridgehead atoms. The van der Waals surface area contributed by atoms with E-state index in [1.165, 1.54) is 5.56 Å². The Bertz CT molecular complexity index is 326. The molecule has 0 amide bonds. The summed E-state index contributed by atoms with van der Waals surface area (Å²) in [5, 5.41) is 0. The number of nitrogens with two attached hydrogens (primary N) is 1. The number of para-hydroxylation sites is 1. The van der Waals surface area contributed by atoms with E-state index in [1.54, 1.807) is 0 Å². The standard InChI is InChI=1S/C14H23NO/c1-11(2)12-7-5-6-8-13(12)16-10-9-14(3,4)15/h5-8,11H,9-10,15H2,1-4H3. The topological polar surface area (TPSA) is 35.2 Å². The SMILES string of the molecule is CC(C)c1ccccc1OCCC(C)(C)N. The average Bonchev–Trinajstić information content (AvgIpc) is 2.16. The molecule has 2 heteroatoms. The highest BCUT2D eigenvalue weighted by Gasteiger charge is 2.12. The van der Waals surface area contributed by atoms with Crippen molar-refractivity contribution in [2.24, 2.45) is 5.73 Å². The smallest absolute Gasteiger partial charge is 0.122 e. The van der Waals surface area contributed by atoms with Gasteiger partial charge in [-0.3, -0.25) is 0 Å². The Morgan fingerprint density at radius 3 is 2.44 bits per heavy atom. The molecule has 16 heavy (non-hydrogen) atoms. The van der Waals surface area contributed by atoms with E-state index in [4.69, 9.17) is 10.5 Å². The fourth-order valence-corrected chi connectivity index (χ4v) is 1.51. The van der Waals surface area contributed by atoms with Gasteiger partial charge in [-0.25, -0.2) is 0 Å². The lowest BCUT2D eigenvalue weighted by Gasteiger charge is -2.20. The van der Waals surface area contributed by atoms with Crippen LogP contribution < -0.4 is 10.5 Å². The zero-order valence-electron chi connectivity index (χ0n) is 10.8. The van der Waals surface area contributed by atoms with E-state index in [1.807, 2.05) is 26.0 Å². The number of benzene rings is 1. The van der Waals surface area contributed by atoms with Crippen LogP contribution >= 0.6 is 0 Å². The first kappa shape index (κ1) is 13.0. The van der Waals surface area contributed by atoms with Crippen molar-refractivity contribution in [2.45, 2.75) is 45.6 Å². The van der Waals surface area contributed by atoms with Gasteiger partial charge in [0.1, 0.15) is 5.75 Å². The molecule has 0 saturated heterocycles. The summed E-state index contributed by atoms with van der Waals surface area (Å²) in [6.45, 7) is 9.06. The van der Waals surface area contributed by atoms with Crippen LogP contribution in [0.4, 0.5) is 0 Å². The minimum absolute atomic E-state index is 0.160. The molecule has 1 aromatic carbocycles. The molecule has 2 N–H and O–H groups in total. The molecule has 0 fully saturated rings. The van der Waals surface area contributed by atoms with Gasteiger partial charge < -0.3 is 10.5 Å². The molecule has 90 valence electrons. The molecule has 0 saturated carbocycles. The van der Waals surface area contributed by atoms with E-state index in [0.717, 1.165) is 12.2 Å². The van der Waals surface area contributed by atoms with E-state index in [2.05, 4.69) is 26.0 Å². The molecule has 0 spiro atoms. The van der Waals surface area contributed by atoms with Crippen molar-refractivity contribution in [3.63, 3.8) is 0 Å². The molecule has 0 unspecified atom stereocenters. The second-order valence-electron chi connectivity index (χ2n) is 5.28. The fraction of sp³-hybridized carbons (Fsp3) is 0.571. The molecule has 2 nitrogen and oxygen atoms in total. The predicted octanol–water partition coefficient (Wildman–Crippen LogP) is 3.32. The quantitative estimate of drug-likeness (QED) is 0.828. The summed E-state index contributed by atoms with van der Waals surface area (Å²) in [5.74, 6) is 1.48. The van der Waals surface area contributed by atoms with E-state index in [-0.39, 0.29) is 5.54 Å². The third kappa shape index (κ3) is 4.23. The van der Waals surface area contributed by atoms with Crippen LogP contribution in [0.25, 0.3) is 0 Å². The average molecular weight is 221 g/mol. The van der Waals surface area contributed by atoms with Gasteiger partial charge in [0, 0.05) is 5.54 Å². The van der Waals surface area contributed by atoms with Gasteiger partial charge in [-0.2, -0.15) is 0 Å². The molecular formula is C14H23NO. The first-order chi connectivity index (χ1) is 7.40. The second-order valence-corrected chi connectivity index (χ2v) is 5.28. The number of ether oxygens (including phenoxy) is 1. The summed E-state index contributed by atoms with van der Waals surface area (Å²) in [6.07, 6.45) is 0.861. The monoisotopic (exact) mass is 221 g/mol. The van der Waals surface area contributed by atoms with E-state index < -0.39 is 0 Å². The van der Waals surface area contributed by atoms with Crippen molar-refractivity contribution in [1.82, 2.24) is 0 Å². The molecule has 0 atom stereocenters. The van der Waals surface area contributed by atoms with Crippen molar-refractivity contribution in [1.29, 1.82) is 0 Å². The van der Waals surface area contributed by atoms with Crippen LogP contribution in [0.2, 0.25) is 0 Å². The van der Waals surface area contributed by atoms with Crippen LogP contribution in [-0.2, 0) is 0 Å². The molecule has 0 aliphatic heterocycles. The highest BCUT2D eigenvalue weighted by atomic mass is 16.5. The van der Waals surface area contributed by atoms with Crippen LogP contribution in [0.5, 0.6) is 5.75 Å². The van der Waals surface area contributed by atoms with E-state index in [9.17, 15) is 0 Å². The van der Waals surface area contributed by atoms with Gasteiger partial charge in [-0.1, -0.05) is 32.0 Å². The molecular weight excluding hydrogens is 198 g/mol. The maximum Gasteiger partial charge on any atom is 0.122 e. The number of hydrogen-bond donors (Lipinski definition) is 1. The largest absolute Gasteiger partial charge is 0.493 e. The third-order valence-electron chi connectivity index (χ3n) is 2.54. The van der Waals surface area contributed by atoms with Crippen molar-refractivity contribution >= 4 is 0 Å². The summed E-state index contributed by atoms with van der Waals surface area (Å²) in [4.78, 5) is 0. The minimum Gasteiger partial charge on any atom is -0.493 e. The van der Waals surface area contributed by atoms with Gasteiger partial charge >= 0.3 is 0 Å². The summed E-state index contributed by atoms with van der Waals surface area (Å²) >= 11 is 0. The third-order valence-corrected chi connectivity index (χ3v) is 2.54. The van der Waals surface area contributed by atoms with Crippen LogP contribution in [0.15, 0.2) is 24.3 Å². The zero-order chi connectivity index (χ0) is 12.2. The predicted molar refractivity (Wildman–Crippen MR) is 68.9 cm³/mol. The molecule has 0 aliphatic carbocycles. The van der Waals surface area contributed by atoms with Crippen molar-refractivity contribution < 1.29 is 4.74 Å². The van der Waals surface area contributed by atoms with Gasteiger partial charge in [-0.05, 0) is 37.8 Å². The van der Waals surface area contributed by atoms with Crippen molar-refractivity contribution in [3.05, 3.63) is 29.8 Å². The first-order valence-electron chi connectivity index (χ1n) is 5.91. The lowest BCUT2D eigenvalue weighted by molar-refractivity contribution is 0.271. The van der Waals surface area contributed by atoms with E-state index in [0.29, 0.717) is 12.5 Å². The van der Waals surface area contributed by atoms with Crippen LogP contribution in [0.3, 0.4) is 0 Å². The Hall–Kier alpha value is -1.02. The molecule has 0 aliphatic rings. The van der Waals surface area contributed by atoms with E-state index >= 15 is 0 Å². The number of hydrogen-bond acceptors (Lipinski definition) is 2. The highest BCUT2D eigenvalue weighted by Crippen LogP contribution is 2.26. The molecule has 0 heterocycles. The molecule has 1 aromatic rings. The lowest BCUT2D eigenvalue weighted by Crippen LogP contribution is -2.33. The van der Waals surface area contributed by atoms with Gasteiger partial charge in [0.15, 0.2) is 0 Å². The number of rotatable bonds is 5. The normalized spacial score (nSPS) is 11.9.